The zero-order chi connectivity index (χ0) is 13.0. The molecule has 1 aromatic heterocycles. The molecule has 0 aliphatic rings. The van der Waals surface area contributed by atoms with Gasteiger partial charge in [0.1, 0.15) is 5.82 Å². The summed E-state index contributed by atoms with van der Waals surface area (Å²) < 4.78 is 13.2. The second kappa shape index (κ2) is 5.94. The molecule has 0 aliphatic heterocycles. The van der Waals surface area contributed by atoms with Gasteiger partial charge in [0, 0.05) is 25.5 Å². The van der Waals surface area contributed by atoms with E-state index in [9.17, 15) is 4.39 Å². The van der Waals surface area contributed by atoms with Crippen molar-refractivity contribution in [3.63, 3.8) is 0 Å². The molecule has 18 heavy (non-hydrogen) atoms. The molecule has 0 spiro atoms. The summed E-state index contributed by atoms with van der Waals surface area (Å²) in [4.78, 5) is 4.08. The van der Waals surface area contributed by atoms with Gasteiger partial charge in [0.2, 0.25) is 0 Å². The topological polar surface area (TPSA) is 24.9 Å². The molecule has 4 heteroatoms. The molecule has 0 fully saturated rings. The lowest BCUT2D eigenvalue weighted by atomic mass is 10.1. The van der Waals surface area contributed by atoms with Crippen molar-refractivity contribution in [3.8, 4) is 0 Å². The summed E-state index contributed by atoms with van der Waals surface area (Å²) in [5.74, 6) is -0.381. The van der Waals surface area contributed by atoms with Crippen LogP contribution < -0.4 is 5.32 Å². The van der Waals surface area contributed by atoms with Crippen molar-refractivity contribution in [1.82, 2.24) is 10.3 Å². The van der Waals surface area contributed by atoms with E-state index in [-0.39, 0.29) is 10.8 Å². The van der Waals surface area contributed by atoms with Crippen molar-refractivity contribution < 1.29 is 4.39 Å². The molecule has 2 rings (SSSR count). The van der Waals surface area contributed by atoms with Crippen molar-refractivity contribution in [2.24, 2.45) is 0 Å². The first-order valence-electron chi connectivity index (χ1n) is 5.71. The Balaban J connectivity index is 1.92. The van der Waals surface area contributed by atoms with Gasteiger partial charge in [-0.15, -0.1) is 0 Å². The number of hydrogen-bond acceptors (Lipinski definition) is 2. The van der Waals surface area contributed by atoms with Gasteiger partial charge in [0.25, 0.3) is 0 Å². The van der Waals surface area contributed by atoms with Crippen LogP contribution in [0.1, 0.15) is 16.7 Å². The highest BCUT2D eigenvalue weighted by atomic mass is 35.5. The molecule has 0 saturated carbocycles. The first-order valence-corrected chi connectivity index (χ1v) is 6.09. The van der Waals surface area contributed by atoms with Gasteiger partial charge < -0.3 is 5.32 Å². The predicted molar refractivity (Wildman–Crippen MR) is 70.9 cm³/mol. The maximum atomic E-state index is 13.2. The zero-order valence-electron chi connectivity index (χ0n) is 10.1. The van der Waals surface area contributed by atoms with Crippen molar-refractivity contribution >= 4 is 11.6 Å². The summed E-state index contributed by atoms with van der Waals surface area (Å²) in [5.41, 5.74) is 3.21. The SMILES string of the molecule is Cc1ccncc1CNCc1ccc(Cl)c(F)c1. The third-order valence-electron chi connectivity index (χ3n) is 2.78. The summed E-state index contributed by atoms with van der Waals surface area (Å²) in [6, 6.07) is 6.81. The number of pyridine rings is 1. The number of hydrogen-bond donors (Lipinski definition) is 1. The fourth-order valence-electron chi connectivity index (χ4n) is 1.67. The fourth-order valence-corrected chi connectivity index (χ4v) is 1.79. The second-order valence-corrected chi connectivity index (χ2v) is 4.56. The molecule has 1 N–H and O–H groups in total. The zero-order valence-corrected chi connectivity index (χ0v) is 10.8. The van der Waals surface area contributed by atoms with Crippen LogP contribution in [0.4, 0.5) is 4.39 Å². The average Bonchev–Trinajstić information content (AvgIpc) is 2.36. The third-order valence-corrected chi connectivity index (χ3v) is 3.08. The second-order valence-electron chi connectivity index (χ2n) is 4.15. The van der Waals surface area contributed by atoms with E-state index in [1.807, 2.05) is 25.3 Å². The van der Waals surface area contributed by atoms with Gasteiger partial charge >= 0.3 is 0 Å². The molecule has 1 aromatic carbocycles. The van der Waals surface area contributed by atoms with E-state index in [0.717, 1.165) is 11.1 Å². The normalized spacial score (nSPS) is 10.6. The summed E-state index contributed by atoms with van der Waals surface area (Å²) in [5, 5.41) is 3.41. The Labute approximate surface area is 111 Å². The van der Waals surface area contributed by atoms with Gasteiger partial charge in [-0.2, -0.15) is 0 Å². The molecule has 2 aromatic rings. The molecule has 94 valence electrons. The van der Waals surface area contributed by atoms with E-state index in [4.69, 9.17) is 11.6 Å². The molecule has 1 heterocycles. The standard InChI is InChI=1S/C14H14ClFN2/c1-10-4-5-17-8-12(10)9-18-7-11-2-3-13(15)14(16)6-11/h2-6,8,18H,7,9H2,1H3. The lowest BCUT2D eigenvalue weighted by molar-refractivity contribution is 0.620. The third kappa shape index (κ3) is 3.28. The highest BCUT2D eigenvalue weighted by Crippen LogP contribution is 2.15. The van der Waals surface area contributed by atoms with Gasteiger partial charge in [0.05, 0.1) is 5.02 Å². The molecule has 2 nitrogen and oxygen atoms in total. The van der Waals surface area contributed by atoms with Gasteiger partial charge in [-0.1, -0.05) is 17.7 Å². The Hall–Kier alpha value is -1.45. The van der Waals surface area contributed by atoms with E-state index < -0.39 is 0 Å². The van der Waals surface area contributed by atoms with Crippen LogP contribution in [0, 0.1) is 12.7 Å². The molecule has 0 amide bonds. The maximum absolute atomic E-state index is 13.2. The van der Waals surface area contributed by atoms with E-state index >= 15 is 0 Å². The quantitative estimate of drug-likeness (QED) is 0.915. The van der Waals surface area contributed by atoms with Crippen LogP contribution in [0.15, 0.2) is 36.7 Å². The average molecular weight is 265 g/mol. The predicted octanol–water partition coefficient (Wildman–Crippen LogP) is 3.47. The maximum Gasteiger partial charge on any atom is 0.142 e. The van der Waals surface area contributed by atoms with Gasteiger partial charge in [0.15, 0.2) is 0 Å². The van der Waals surface area contributed by atoms with Crippen molar-refractivity contribution in [2.75, 3.05) is 0 Å². The fraction of sp³-hybridized carbons (Fsp3) is 0.214. The molecular weight excluding hydrogens is 251 g/mol. The minimum Gasteiger partial charge on any atom is -0.309 e. The number of benzene rings is 1. The largest absolute Gasteiger partial charge is 0.309 e. The summed E-state index contributed by atoms with van der Waals surface area (Å²) in [7, 11) is 0. The number of aromatic nitrogens is 1. The van der Waals surface area contributed by atoms with Crippen LogP contribution >= 0.6 is 11.6 Å². The Morgan fingerprint density at radius 1 is 1.28 bits per heavy atom. The minimum absolute atomic E-state index is 0.154. The molecular formula is C14H14ClFN2. The minimum atomic E-state index is -0.381. The number of aryl methyl sites for hydroxylation is 1. The molecule has 0 atom stereocenters. The van der Waals surface area contributed by atoms with E-state index in [1.165, 1.54) is 11.6 Å². The lowest BCUT2D eigenvalue weighted by Crippen LogP contribution is -2.13. The molecule has 0 aliphatic carbocycles. The number of rotatable bonds is 4. The van der Waals surface area contributed by atoms with Crippen LogP contribution in [-0.2, 0) is 13.1 Å². The molecule has 0 bridgehead atoms. The molecule has 0 radical (unpaired) electrons. The highest BCUT2D eigenvalue weighted by Gasteiger charge is 2.01. The number of halogens is 2. The Morgan fingerprint density at radius 3 is 2.83 bits per heavy atom. The summed E-state index contributed by atoms with van der Waals surface area (Å²) >= 11 is 5.63. The van der Waals surface area contributed by atoms with Crippen LogP contribution in [0.25, 0.3) is 0 Å². The van der Waals surface area contributed by atoms with Crippen LogP contribution in [-0.4, -0.2) is 4.98 Å². The number of nitrogens with one attached hydrogen (secondary N) is 1. The van der Waals surface area contributed by atoms with Crippen molar-refractivity contribution in [1.29, 1.82) is 0 Å². The highest BCUT2D eigenvalue weighted by molar-refractivity contribution is 6.30. The van der Waals surface area contributed by atoms with Crippen molar-refractivity contribution in [3.05, 3.63) is 64.2 Å². The first-order chi connectivity index (χ1) is 8.66. The monoisotopic (exact) mass is 264 g/mol. The van der Waals surface area contributed by atoms with Crippen LogP contribution in [0.3, 0.4) is 0 Å². The van der Waals surface area contributed by atoms with Crippen molar-refractivity contribution in [2.45, 2.75) is 20.0 Å². The summed E-state index contributed by atoms with van der Waals surface area (Å²) in [6.07, 6.45) is 3.61. The van der Waals surface area contributed by atoms with Gasteiger partial charge in [-0.05, 0) is 41.8 Å². The Kier molecular flexibility index (Phi) is 4.28. The van der Waals surface area contributed by atoms with E-state index in [1.54, 1.807) is 12.3 Å². The lowest BCUT2D eigenvalue weighted by Gasteiger charge is -2.07. The number of nitrogens with zero attached hydrogens (tertiary/aromatic N) is 1. The summed E-state index contributed by atoms with van der Waals surface area (Å²) in [6.45, 7) is 3.35. The molecule has 0 unspecified atom stereocenters. The van der Waals surface area contributed by atoms with E-state index in [0.29, 0.717) is 13.1 Å². The van der Waals surface area contributed by atoms with Crippen LogP contribution in [0.2, 0.25) is 5.02 Å². The van der Waals surface area contributed by atoms with Gasteiger partial charge in [-0.3, -0.25) is 4.98 Å². The first kappa shape index (κ1) is 13.0. The Bertz CT molecular complexity index is 543. The van der Waals surface area contributed by atoms with Gasteiger partial charge in [-0.25, -0.2) is 4.39 Å². The van der Waals surface area contributed by atoms with E-state index in [2.05, 4.69) is 10.3 Å². The Morgan fingerprint density at radius 2 is 2.11 bits per heavy atom. The molecule has 0 saturated heterocycles. The van der Waals surface area contributed by atoms with Crippen LogP contribution in [0.5, 0.6) is 0 Å². The smallest absolute Gasteiger partial charge is 0.142 e.